The summed E-state index contributed by atoms with van der Waals surface area (Å²) in [5.41, 5.74) is 0.969. The van der Waals surface area contributed by atoms with Crippen molar-refractivity contribution in [3.05, 3.63) is 30.0 Å². The van der Waals surface area contributed by atoms with Crippen molar-refractivity contribution in [1.82, 2.24) is 15.6 Å². The normalized spacial score (nSPS) is 21.1. The van der Waals surface area contributed by atoms with Crippen molar-refractivity contribution in [3.8, 4) is 6.07 Å². The molecule has 0 unspecified atom stereocenters. The third kappa shape index (κ3) is 5.42. The molecule has 2 aliphatic carbocycles. The van der Waals surface area contributed by atoms with Crippen molar-refractivity contribution < 1.29 is 19.5 Å². The summed E-state index contributed by atoms with van der Waals surface area (Å²) >= 11 is 0. The summed E-state index contributed by atoms with van der Waals surface area (Å²) in [4.78, 5) is 42.3. The van der Waals surface area contributed by atoms with Crippen LogP contribution in [0.4, 0.5) is 10.5 Å². The van der Waals surface area contributed by atoms with Crippen LogP contribution in [0.5, 0.6) is 0 Å². The second kappa shape index (κ2) is 9.61. The molecule has 9 heteroatoms. The zero-order chi connectivity index (χ0) is 25.3. The average Bonchev–Trinajstić information content (AvgIpc) is 3.54. The minimum Gasteiger partial charge on any atom is -0.465 e. The van der Waals surface area contributed by atoms with Gasteiger partial charge in [0.1, 0.15) is 11.7 Å². The number of anilines is 1. The van der Waals surface area contributed by atoms with Crippen LogP contribution in [0.2, 0.25) is 0 Å². The zero-order valence-electron chi connectivity index (χ0n) is 20.4. The third-order valence-electron chi connectivity index (χ3n) is 6.92. The minimum absolute atomic E-state index is 0.161. The standard InChI is InChI=1S/C26H33N5O4/c1-26(2,3)31(25(34)35)17-10-11-19-16(12-17)13-21(28-19)24(33)29-20-7-5-4-6-18(20)23(32)30-22(14-27)15-8-9-15/h10-13,15,18,20,22,28H,4-9H2,1-3H3,(H,29,33)(H,30,32)(H,34,35)/t18-,20+,22-/m1/s1. The number of carbonyl (C=O) groups excluding carboxylic acids is 2. The van der Waals surface area contributed by atoms with Gasteiger partial charge in [-0.05, 0) is 76.6 Å². The molecule has 1 aromatic carbocycles. The summed E-state index contributed by atoms with van der Waals surface area (Å²) in [6, 6.07) is 8.36. The Bertz CT molecular complexity index is 1170. The largest absolute Gasteiger partial charge is 0.465 e. The van der Waals surface area contributed by atoms with Gasteiger partial charge in [0.15, 0.2) is 0 Å². The highest BCUT2D eigenvalue weighted by Gasteiger charge is 2.37. The number of H-pyrrole nitrogens is 1. The Kier molecular flexibility index (Phi) is 6.75. The van der Waals surface area contributed by atoms with E-state index in [4.69, 9.17) is 0 Å². The monoisotopic (exact) mass is 479 g/mol. The Hall–Kier alpha value is -3.54. The number of rotatable bonds is 6. The van der Waals surface area contributed by atoms with Gasteiger partial charge in [0.05, 0.1) is 12.0 Å². The van der Waals surface area contributed by atoms with Crippen LogP contribution in [0.1, 0.15) is 69.8 Å². The lowest BCUT2D eigenvalue weighted by Gasteiger charge is -2.33. The van der Waals surface area contributed by atoms with Crippen LogP contribution in [-0.4, -0.2) is 45.6 Å². The molecule has 0 saturated heterocycles. The molecule has 35 heavy (non-hydrogen) atoms. The molecule has 3 amide bonds. The van der Waals surface area contributed by atoms with E-state index in [0.29, 0.717) is 24.2 Å². The first-order valence-electron chi connectivity index (χ1n) is 12.3. The first-order chi connectivity index (χ1) is 16.6. The molecular formula is C26H33N5O4. The SMILES string of the molecule is CC(C)(C)N(C(=O)O)c1ccc2[nH]c(C(=O)N[C@H]3CCCC[C@H]3C(=O)N[C@H](C#N)C3CC3)cc2c1. The van der Waals surface area contributed by atoms with Crippen LogP contribution in [0.3, 0.4) is 0 Å². The number of aromatic nitrogens is 1. The van der Waals surface area contributed by atoms with E-state index in [2.05, 4.69) is 21.7 Å². The number of carboxylic acid groups (broad SMARTS) is 1. The lowest BCUT2D eigenvalue weighted by atomic mass is 9.83. The Morgan fingerprint density at radius 1 is 1.14 bits per heavy atom. The van der Waals surface area contributed by atoms with E-state index >= 15 is 0 Å². The van der Waals surface area contributed by atoms with Crippen molar-refractivity contribution in [2.45, 2.75) is 76.9 Å². The van der Waals surface area contributed by atoms with Gasteiger partial charge in [0.2, 0.25) is 5.91 Å². The predicted octanol–water partition coefficient (Wildman–Crippen LogP) is 4.16. The second-order valence-corrected chi connectivity index (χ2v) is 10.7. The lowest BCUT2D eigenvalue weighted by molar-refractivity contribution is -0.127. The summed E-state index contributed by atoms with van der Waals surface area (Å²) in [5.74, 6) is -0.593. The van der Waals surface area contributed by atoms with E-state index in [1.807, 2.05) is 20.8 Å². The molecule has 1 aromatic heterocycles. The van der Waals surface area contributed by atoms with E-state index in [9.17, 15) is 24.8 Å². The van der Waals surface area contributed by atoms with E-state index in [0.717, 1.165) is 36.6 Å². The minimum atomic E-state index is -1.05. The van der Waals surface area contributed by atoms with E-state index in [1.165, 1.54) is 4.90 Å². The number of fused-ring (bicyclic) bond motifs is 1. The number of hydrogen-bond acceptors (Lipinski definition) is 4. The van der Waals surface area contributed by atoms with Gasteiger partial charge < -0.3 is 20.7 Å². The number of amides is 3. The van der Waals surface area contributed by atoms with Gasteiger partial charge in [0, 0.05) is 28.2 Å². The number of hydrogen-bond donors (Lipinski definition) is 4. The molecule has 186 valence electrons. The van der Waals surface area contributed by atoms with Gasteiger partial charge in [-0.1, -0.05) is 12.8 Å². The molecular weight excluding hydrogens is 446 g/mol. The van der Waals surface area contributed by atoms with Crippen LogP contribution in [0.25, 0.3) is 10.9 Å². The van der Waals surface area contributed by atoms with Gasteiger partial charge in [-0.15, -0.1) is 0 Å². The summed E-state index contributed by atoms with van der Waals surface area (Å²) in [5, 5.41) is 25.7. The first kappa shape index (κ1) is 24.6. The van der Waals surface area contributed by atoms with Crippen molar-refractivity contribution in [3.63, 3.8) is 0 Å². The third-order valence-corrected chi connectivity index (χ3v) is 6.92. The molecule has 0 spiro atoms. The van der Waals surface area contributed by atoms with Crippen LogP contribution < -0.4 is 15.5 Å². The average molecular weight is 480 g/mol. The van der Waals surface area contributed by atoms with Crippen molar-refractivity contribution in [2.75, 3.05) is 4.90 Å². The zero-order valence-corrected chi connectivity index (χ0v) is 20.4. The molecule has 9 nitrogen and oxygen atoms in total. The predicted molar refractivity (Wildman–Crippen MR) is 132 cm³/mol. The number of nitrogens with zero attached hydrogens (tertiary/aromatic N) is 2. The Morgan fingerprint density at radius 3 is 2.49 bits per heavy atom. The summed E-state index contributed by atoms with van der Waals surface area (Å²) < 4.78 is 0. The number of carbonyl (C=O) groups is 3. The molecule has 2 aliphatic rings. The fourth-order valence-corrected chi connectivity index (χ4v) is 4.98. The highest BCUT2D eigenvalue weighted by molar-refractivity contribution is 6.00. The van der Waals surface area contributed by atoms with E-state index in [-0.39, 0.29) is 29.7 Å². The molecule has 2 aromatic rings. The number of nitriles is 1. The van der Waals surface area contributed by atoms with Crippen molar-refractivity contribution >= 4 is 34.5 Å². The van der Waals surface area contributed by atoms with E-state index in [1.54, 1.807) is 24.3 Å². The Labute approximate surface area is 204 Å². The lowest BCUT2D eigenvalue weighted by Crippen LogP contribution is -2.50. The topological polar surface area (TPSA) is 138 Å². The van der Waals surface area contributed by atoms with Crippen molar-refractivity contribution in [1.29, 1.82) is 5.26 Å². The molecule has 1 heterocycles. The van der Waals surface area contributed by atoms with Gasteiger partial charge in [-0.3, -0.25) is 14.5 Å². The molecule has 2 saturated carbocycles. The molecule has 4 N–H and O–H groups in total. The smallest absolute Gasteiger partial charge is 0.412 e. The molecule has 2 fully saturated rings. The summed E-state index contributed by atoms with van der Waals surface area (Å²) in [6.07, 6.45) is 4.09. The van der Waals surface area contributed by atoms with Gasteiger partial charge in [0.25, 0.3) is 5.91 Å². The van der Waals surface area contributed by atoms with Crippen LogP contribution in [0.15, 0.2) is 24.3 Å². The maximum atomic E-state index is 13.1. The van der Waals surface area contributed by atoms with Crippen LogP contribution in [0, 0.1) is 23.2 Å². The van der Waals surface area contributed by atoms with Gasteiger partial charge in [-0.25, -0.2) is 4.79 Å². The van der Waals surface area contributed by atoms with Gasteiger partial charge in [-0.2, -0.15) is 5.26 Å². The molecule has 4 rings (SSSR count). The Morgan fingerprint density at radius 2 is 1.86 bits per heavy atom. The highest BCUT2D eigenvalue weighted by atomic mass is 16.4. The molecule has 0 radical (unpaired) electrons. The quantitative estimate of drug-likeness (QED) is 0.493. The number of benzene rings is 1. The molecule has 0 bridgehead atoms. The highest BCUT2D eigenvalue weighted by Crippen LogP contribution is 2.33. The van der Waals surface area contributed by atoms with Crippen LogP contribution >= 0.6 is 0 Å². The first-order valence-corrected chi connectivity index (χ1v) is 12.3. The summed E-state index contributed by atoms with van der Waals surface area (Å²) in [6.45, 7) is 5.46. The van der Waals surface area contributed by atoms with Crippen LogP contribution in [-0.2, 0) is 4.79 Å². The second-order valence-electron chi connectivity index (χ2n) is 10.7. The van der Waals surface area contributed by atoms with Gasteiger partial charge >= 0.3 is 6.09 Å². The molecule has 0 aliphatic heterocycles. The van der Waals surface area contributed by atoms with Crippen molar-refractivity contribution in [2.24, 2.45) is 11.8 Å². The fraction of sp³-hybridized carbons (Fsp3) is 0.538. The fourth-order valence-electron chi connectivity index (χ4n) is 4.98. The maximum absolute atomic E-state index is 13.1. The van der Waals surface area contributed by atoms with E-state index < -0.39 is 17.7 Å². The Balaban J connectivity index is 1.49. The number of aromatic amines is 1. The maximum Gasteiger partial charge on any atom is 0.412 e. The number of nitrogens with one attached hydrogen (secondary N) is 3. The summed E-state index contributed by atoms with van der Waals surface area (Å²) in [7, 11) is 0. The molecule has 3 atom stereocenters.